The van der Waals surface area contributed by atoms with E-state index in [0.717, 1.165) is 71.7 Å². The first-order chi connectivity index (χ1) is 18.2. The van der Waals surface area contributed by atoms with Gasteiger partial charge in [0, 0.05) is 29.8 Å². The number of aromatic nitrogens is 7. The maximum atomic E-state index is 5.33. The van der Waals surface area contributed by atoms with Crippen molar-refractivity contribution in [3.05, 3.63) is 77.2 Å². The van der Waals surface area contributed by atoms with E-state index in [2.05, 4.69) is 93.6 Å². The minimum Gasteiger partial charge on any atom is -0.328 e. The summed E-state index contributed by atoms with van der Waals surface area (Å²) in [6, 6.07) is 19.6. The normalized spacial score (nSPS) is 13.5. The van der Waals surface area contributed by atoms with Crippen LogP contribution in [0.4, 0.5) is 0 Å². The van der Waals surface area contributed by atoms with Crippen LogP contribution in [0.1, 0.15) is 67.1 Å². The second kappa shape index (κ2) is 10.2. The molecule has 5 aromatic rings. The molecule has 188 valence electrons. The molecule has 7 heteroatoms. The summed E-state index contributed by atoms with van der Waals surface area (Å²) < 4.78 is 2.45. The van der Waals surface area contributed by atoms with Gasteiger partial charge in [0.25, 0.3) is 0 Å². The Bertz CT molecular complexity index is 1480. The van der Waals surface area contributed by atoms with Crippen LogP contribution in [0, 0.1) is 13.8 Å². The Kier molecular flexibility index (Phi) is 6.51. The second-order valence-electron chi connectivity index (χ2n) is 10.3. The highest BCUT2D eigenvalue weighted by atomic mass is 15.5. The fourth-order valence-electron chi connectivity index (χ4n) is 5.05. The van der Waals surface area contributed by atoms with Gasteiger partial charge < -0.3 is 4.57 Å². The summed E-state index contributed by atoms with van der Waals surface area (Å²) in [5.74, 6) is 1.44. The lowest BCUT2D eigenvalue weighted by Crippen LogP contribution is -2.05. The van der Waals surface area contributed by atoms with E-state index in [-0.39, 0.29) is 0 Å². The largest absolute Gasteiger partial charge is 0.328 e. The van der Waals surface area contributed by atoms with Crippen LogP contribution in [-0.4, -0.2) is 35.2 Å². The summed E-state index contributed by atoms with van der Waals surface area (Å²) in [6.07, 6.45) is 7.93. The Morgan fingerprint density at radius 1 is 0.811 bits per heavy atom. The van der Waals surface area contributed by atoms with Gasteiger partial charge in [-0.15, -0.1) is 10.2 Å². The van der Waals surface area contributed by atoms with Crippen molar-refractivity contribution in [2.75, 3.05) is 0 Å². The van der Waals surface area contributed by atoms with E-state index in [1.54, 1.807) is 0 Å². The molecule has 0 aliphatic heterocycles. The zero-order chi connectivity index (χ0) is 25.2. The average molecular weight is 492 g/mol. The molecular formula is C30H33N7. The average Bonchev–Trinajstić information content (AvgIpc) is 3.51. The van der Waals surface area contributed by atoms with E-state index < -0.39 is 0 Å². The van der Waals surface area contributed by atoms with Crippen molar-refractivity contribution < 1.29 is 0 Å². The molecule has 7 nitrogen and oxygen atoms in total. The summed E-state index contributed by atoms with van der Waals surface area (Å²) >= 11 is 0. The standard InChI is InChI=1S/C30H33N7/c1-20-8-12-23(13-9-20)28-29(24-14-10-21(2)11-15-24)32-30-25(31-28)19-26(22-16-17-22)37(30)18-6-4-3-5-7-27-33-35-36-34-27/h8-15,19,22H,3-7,16-18H2,1-2H3,(H,33,34,35,36). The van der Waals surface area contributed by atoms with E-state index in [1.165, 1.54) is 36.1 Å². The Morgan fingerprint density at radius 3 is 2.08 bits per heavy atom. The van der Waals surface area contributed by atoms with Crippen LogP contribution in [0.25, 0.3) is 33.7 Å². The van der Waals surface area contributed by atoms with Gasteiger partial charge in [0.05, 0.1) is 11.4 Å². The van der Waals surface area contributed by atoms with Crippen molar-refractivity contribution in [2.24, 2.45) is 0 Å². The first kappa shape index (κ1) is 23.5. The molecule has 0 amide bonds. The lowest BCUT2D eigenvalue weighted by atomic mass is 10.0. The number of hydrogen-bond acceptors (Lipinski definition) is 5. The Hall–Kier alpha value is -3.87. The second-order valence-corrected chi connectivity index (χ2v) is 10.3. The number of aryl methyl sites for hydroxylation is 4. The number of tetrazole rings is 1. The van der Waals surface area contributed by atoms with Gasteiger partial charge in [0.1, 0.15) is 5.52 Å². The van der Waals surface area contributed by atoms with Crippen molar-refractivity contribution >= 4 is 11.2 Å². The van der Waals surface area contributed by atoms with Crippen LogP contribution < -0.4 is 0 Å². The molecule has 1 aliphatic carbocycles. The van der Waals surface area contributed by atoms with Gasteiger partial charge in [-0.3, -0.25) is 0 Å². The molecule has 1 aliphatic rings. The van der Waals surface area contributed by atoms with Gasteiger partial charge in [0.15, 0.2) is 11.5 Å². The number of benzene rings is 2. The lowest BCUT2D eigenvalue weighted by Gasteiger charge is -2.13. The van der Waals surface area contributed by atoms with Gasteiger partial charge in [-0.2, -0.15) is 5.21 Å². The van der Waals surface area contributed by atoms with Crippen molar-refractivity contribution in [3.8, 4) is 22.5 Å². The predicted molar refractivity (Wildman–Crippen MR) is 146 cm³/mol. The highest BCUT2D eigenvalue weighted by molar-refractivity contribution is 5.86. The third-order valence-corrected chi connectivity index (χ3v) is 7.32. The van der Waals surface area contributed by atoms with E-state index in [4.69, 9.17) is 9.97 Å². The Labute approximate surface area is 217 Å². The number of rotatable bonds is 10. The van der Waals surface area contributed by atoms with E-state index in [1.807, 2.05) is 0 Å². The van der Waals surface area contributed by atoms with E-state index in [9.17, 15) is 0 Å². The molecule has 1 fully saturated rings. The summed E-state index contributed by atoms with van der Waals surface area (Å²) in [5.41, 5.74) is 10.0. The number of nitrogens with one attached hydrogen (secondary N) is 1. The Morgan fingerprint density at radius 2 is 1.46 bits per heavy atom. The van der Waals surface area contributed by atoms with Crippen LogP contribution in [0.2, 0.25) is 0 Å². The van der Waals surface area contributed by atoms with E-state index >= 15 is 0 Å². The maximum absolute atomic E-state index is 5.33. The lowest BCUT2D eigenvalue weighted by molar-refractivity contribution is 0.564. The molecule has 1 saturated carbocycles. The molecule has 0 spiro atoms. The molecule has 0 radical (unpaired) electrons. The van der Waals surface area contributed by atoms with Crippen LogP contribution in [-0.2, 0) is 13.0 Å². The van der Waals surface area contributed by atoms with Gasteiger partial charge in [-0.1, -0.05) is 77.7 Å². The topological polar surface area (TPSA) is 85.2 Å². The monoisotopic (exact) mass is 491 g/mol. The van der Waals surface area contributed by atoms with Crippen LogP contribution >= 0.6 is 0 Å². The minimum atomic E-state index is 0.639. The van der Waals surface area contributed by atoms with Gasteiger partial charge in [0.2, 0.25) is 0 Å². The number of nitrogens with zero attached hydrogens (tertiary/aromatic N) is 6. The molecule has 0 atom stereocenters. The number of hydrogen-bond donors (Lipinski definition) is 1. The fourth-order valence-corrected chi connectivity index (χ4v) is 5.05. The smallest absolute Gasteiger partial charge is 0.174 e. The maximum Gasteiger partial charge on any atom is 0.174 e. The first-order valence-electron chi connectivity index (χ1n) is 13.4. The molecular weight excluding hydrogens is 458 g/mol. The quantitative estimate of drug-likeness (QED) is 0.223. The molecule has 0 saturated heterocycles. The number of unbranched alkanes of at least 4 members (excludes halogenated alkanes) is 3. The highest BCUT2D eigenvalue weighted by Crippen LogP contribution is 2.43. The van der Waals surface area contributed by atoms with Crippen molar-refractivity contribution in [2.45, 2.75) is 71.3 Å². The summed E-state index contributed by atoms with van der Waals surface area (Å²) in [6.45, 7) is 5.21. The number of H-pyrrole nitrogens is 1. The highest BCUT2D eigenvalue weighted by Gasteiger charge is 2.29. The molecule has 2 aromatic carbocycles. The molecule has 6 rings (SSSR count). The van der Waals surface area contributed by atoms with Crippen LogP contribution in [0.3, 0.4) is 0 Å². The van der Waals surface area contributed by atoms with Gasteiger partial charge in [-0.25, -0.2) is 9.97 Å². The third kappa shape index (κ3) is 5.17. The number of aromatic amines is 1. The zero-order valence-corrected chi connectivity index (χ0v) is 21.6. The third-order valence-electron chi connectivity index (χ3n) is 7.32. The summed E-state index contributed by atoms with van der Waals surface area (Å²) in [7, 11) is 0. The van der Waals surface area contributed by atoms with Gasteiger partial charge >= 0.3 is 0 Å². The fraction of sp³-hybridized carbons (Fsp3) is 0.367. The summed E-state index contributed by atoms with van der Waals surface area (Å²) in [4.78, 5) is 10.6. The van der Waals surface area contributed by atoms with Crippen molar-refractivity contribution in [3.63, 3.8) is 0 Å². The zero-order valence-electron chi connectivity index (χ0n) is 21.6. The molecule has 3 aromatic heterocycles. The molecule has 0 unspecified atom stereocenters. The molecule has 37 heavy (non-hydrogen) atoms. The molecule has 0 bridgehead atoms. The van der Waals surface area contributed by atoms with Crippen molar-refractivity contribution in [1.29, 1.82) is 0 Å². The predicted octanol–water partition coefficient (Wildman–Crippen LogP) is 6.58. The molecule has 1 N–H and O–H groups in total. The van der Waals surface area contributed by atoms with Crippen molar-refractivity contribution in [1.82, 2.24) is 35.2 Å². The summed E-state index contributed by atoms with van der Waals surface area (Å²) in [5, 5.41) is 14.3. The SMILES string of the molecule is Cc1ccc(-c2nc3cc(C4CC4)n(CCCCCCc4nn[nH]n4)c3nc2-c2ccc(C)cc2)cc1. The molecule has 3 heterocycles. The van der Waals surface area contributed by atoms with Gasteiger partial charge in [-0.05, 0) is 51.5 Å². The Balaban J connectivity index is 1.32. The minimum absolute atomic E-state index is 0.639. The van der Waals surface area contributed by atoms with Crippen LogP contribution in [0.5, 0.6) is 0 Å². The van der Waals surface area contributed by atoms with E-state index in [0.29, 0.717) is 5.92 Å². The number of fused-ring (bicyclic) bond motifs is 1. The van der Waals surface area contributed by atoms with Crippen LogP contribution in [0.15, 0.2) is 54.6 Å². The first-order valence-corrected chi connectivity index (χ1v) is 13.4.